The molecule has 2 heterocycles. The topological polar surface area (TPSA) is 177 Å². The van der Waals surface area contributed by atoms with Crippen molar-refractivity contribution in [2.24, 2.45) is 5.41 Å². The third kappa shape index (κ3) is 11.1. The van der Waals surface area contributed by atoms with Crippen molar-refractivity contribution in [3.8, 4) is 10.4 Å². The predicted octanol–water partition coefficient (Wildman–Crippen LogP) is 3.10. The first-order chi connectivity index (χ1) is 24.3. The molecular formula is C37H48N4O9S. The Labute approximate surface area is 302 Å². The highest BCUT2D eigenvalue weighted by Gasteiger charge is 2.54. The lowest BCUT2D eigenvalue weighted by Gasteiger charge is -2.42. The fraction of sp³-hybridized carbons (Fsp3) is 0.486. The minimum atomic E-state index is -2.38. The summed E-state index contributed by atoms with van der Waals surface area (Å²) in [6.45, 7) is 7.43. The molecule has 51 heavy (non-hydrogen) atoms. The molecule has 0 radical (unpaired) electrons. The Morgan fingerprint density at radius 2 is 1.61 bits per heavy atom. The van der Waals surface area contributed by atoms with Gasteiger partial charge in [0.1, 0.15) is 12.6 Å². The van der Waals surface area contributed by atoms with Crippen molar-refractivity contribution >= 4 is 35.0 Å². The molecule has 0 aliphatic carbocycles. The summed E-state index contributed by atoms with van der Waals surface area (Å²) in [6.07, 6.45) is -1.07. The van der Waals surface area contributed by atoms with Crippen LogP contribution in [0.5, 0.6) is 0 Å². The maximum atomic E-state index is 13.9. The van der Waals surface area contributed by atoms with Crippen LogP contribution in [-0.4, -0.2) is 94.6 Å². The molecular weight excluding hydrogens is 676 g/mol. The van der Waals surface area contributed by atoms with Crippen molar-refractivity contribution in [2.45, 2.75) is 78.0 Å². The van der Waals surface area contributed by atoms with Gasteiger partial charge in [0.2, 0.25) is 17.5 Å². The van der Waals surface area contributed by atoms with Crippen LogP contribution in [0.15, 0.2) is 60.1 Å². The molecule has 276 valence electrons. The van der Waals surface area contributed by atoms with Crippen LogP contribution in [0, 0.1) is 12.3 Å². The van der Waals surface area contributed by atoms with Crippen LogP contribution in [0.4, 0.5) is 0 Å². The quantitative estimate of drug-likeness (QED) is 0.0920. The summed E-state index contributed by atoms with van der Waals surface area (Å²) < 4.78 is 16.1. The first-order valence-electron chi connectivity index (χ1n) is 16.9. The van der Waals surface area contributed by atoms with E-state index in [1.54, 1.807) is 37.6 Å². The van der Waals surface area contributed by atoms with Crippen LogP contribution in [0.1, 0.15) is 56.9 Å². The van der Waals surface area contributed by atoms with Gasteiger partial charge < -0.3 is 40.0 Å². The molecule has 0 saturated carbocycles. The SMILES string of the molecule is Cc1ncsc1-c1ccc(CNC(=O)[C@@H]2C[C@@H](O)CN2C(=O)[C@](O)(NC(=O)CCOCCOCCC(=O)OCc2ccccc2)C(C)(C)C)cc1. The number of aryl methyl sites for hydroxylation is 1. The highest BCUT2D eigenvalue weighted by Crippen LogP contribution is 2.33. The van der Waals surface area contributed by atoms with E-state index in [0.29, 0.717) is 0 Å². The average molecular weight is 725 g/mol. The lowest BCUT2D eigenvalue weighted by Crippen LogP contribution is -2.67. The summed E-state index contributed by atoms with van der Waals surface area (Å²) in [5, 5.41) is 27.4. The standard InChI is InChI=1S/C37H48N4O9S/c1-25-33(51-24-39-25)28-12-10-26(11-13-28)21-38-34(45)30-20-29(42)22-41(30)35(46)37(47,36(2,3)4)40-31(43)14-16-48-18-19-49-17-15-32(44)50-23-27-8-6-5-7-9-27/h5-13,24,29-30,42,47H,14-23H2,1-4H3,(H,38,45)(H,40,43)/t29-,30+,37-/m1/s1. The summed E-state index contributed by atoms with van der Waals surface area (Å²) >= 11 is 1.55. The fourth-order valence-corrected chi connectivity index (χ4v) is 6.24. The Bertz CT molecular complexity index is 1610. The number of amides is 3. The largest absolute Gasteiger partial charge is 0.461 e. The van der Waals surface area contributed by atoms with Gasteiger partial charge in [-0.25, -0.2) is 4.98 Å². The van der Waals surface area contributed by atoms with Gasteiger partial charge in [-0.05, 0) is 23.6 Å². The van der Waals surface area contributed by atoms with Crippen molar-refractivity contribution in [3.05, 3.63) is 76.9 Å². The molecule has 3 aromatic rings. The number of carbonyl (C=O) groups is 4. The van der Waals surface area contributed by atoms with E-state index in [1.165, 1.54) is 0 Å². The van der Waals surface area contributed by atoms with Crippen LogP contribution >= 0.6 is 11.3 Å². The summed E-state index contributed by atoms with van der Waals surface area (Å²) in [6, 6.07) is 16.0. The van der Waals surface area contributed by atoms with E-state index in [0.717, 1.165) is 32.2 Å². The van der Waals surface area contributed by atoms with Crippen molar-refractivity contribution in [3.63, 3.8) is 0 Å². The number of ether oxygens (including phenoxy) is 3. The Hall–Kier alpha value is -4.21. The van der Waals surface area contributed by atoms with Gasteiger partial charge in [-0.1, -0.05) is 75.4 Å². The van der Waals surface area contributed by atoms with Gasteiger partial charge in [-0.2, -0.15) is 0 Å². The van der Waals surface area contributed by atoms with Crippen molar-refractivity contribution in [1.29, 1.82) is 0 Å². The third-order valence-electron chi connectivity index (χ3n) is 8.52. The molecule has 1 aromatic heterocycles. The number of nitrogens with zero attached hydrogens (tertiary/aromatic N) is 2. The van der Waals surface area contributed by atoms with E-state index in [2.05, 4.69) is 15.6 Å². The zero-order valence-electron chi connectivity index (χ0n) is 29.6. The molecule has 3 atom stereocenters. The lowest BCUT2D eigenvalue weighted by molar-refractivity contribution is -0.176. The molecule has 1 fully saturated rings. The number of aliphatic hydroxyl groups is 2. The maximum absolute atomic E-state index is 13.9. The van der Waals surface area contributed by atoms with Gasteiger partial charge in [0.25, 0.3) is 5.91 Å². The van der Waals surface area contributed by atoms with Gasteiger partial charge in [0.05, 0.1) is 61.5 Å². The predicted molar refractivity (Wildman–Crippen MR) is 190 cm³/mol. The first-order valence-corrected chi connectivity index (χ1v) is 17.8. The van der Waals surface area contributed by atoms with Gasteiger partial charge in [-0.15, -0.1) is 11.3 Å². The van der Waals surface area contributed by atoms with Gasteiger partial charge in [0.15, 0.2) is 0 Å². The zero-order valence-corrected chi connectivity index (χ0v) is 30.4. The molecule has 13 nitrogen and oxygen atoms in total. The number of esters is 1. The minimum Gasteiger partial charge on any atom is -0.461 e. The van der Waals surface area contributed by atoms with Gasteiger partial charge in [0, 0.05) is 24.9 Å². The maximum Gasteiger partial charge on any atom is 0.308 e. The Balaban J connectivity index is 1.21. The molecule has 1 aliphatic heterocycles. The summed E-state index contributed by atoms with van der Waals surface area (Å²) in [5.74, 6) is -2.39. The van der Waals surface area contributed by atoms with Crippen LogP contribution in [0.2, 0.25) is 0 Å². The molecule has 2 aromatic carbocycles. The highest BCUT2D eigenvalue weighted by molar-refractivity contribution is 7.13. The summed E-state index contributed by atoms with van der Waals surface area (Å²) in [5.41, 5.74) is 1.94. The number of aliphatic hydroxyl groups excluding tert-OH is 1. The van der Waals surface area contributed by atoms with Crippen molar-refractivity contribution in [2.75, 3.05) is 33.0 Å². The molecule has 3 amide bonds. The number of rotatable bonds is 17. The van der Waals surface area contributed by atoms with Crippen LogP contribution in [0.3, 0.4) is 0 Å². The summed E-state index contributed by atoms with van der Waals surface area (Å²) in [7, 11) is 0. The molecule has 1 saturated heterocycles. The lowest BCUT2D eigenvalue weighted by atomic mass is 9.81. The van der Waals surface area contributed by atoms with E-state index >= 15 is 0 Å². The molecule has 0 spiro atoms. The molecule has 1 aliphatic rings. The zero-order chi connectivity index (χ0) is 37.0. The second kappa shape index (κ2) is 18.3. The fourth-order valence-electron chi connectivity index (χ4n) is 5.43. The number of likely N-dealkylation sites (tertiary alicyclic amines) is 1. The van der Waals surface area contributed by atoms with E-state index < -0.39 is 41.0 Å². The summed E-state index contributed by atoms with van der Waals surface area (Å²) in [4.78, 5) is 58.5. The van der Waals surface area contributed by atoms with Crippen LogP contribution < -0.4 is 10.6 Å². The van der Waals surface area contributed by atoms with E-state index in [9.17, 15) is 29.4 Å². The first kappa shape index (κ1) is 39.6. The molecule has 4 N–H and O–H groups in total. The van der Waals surface area contributed by atoms with E-state index in [4.69, 9.17) is 14.2 Å². The normalized spacial score (nSPS) is 17.1. The average Bonchev–Trinajstić information content (AvgIpc) is 3.72. The number of aromatic nitrogens is 1. The number of hydrogen-bond acceptors (Lipinski definition) is 11. The number of nitrogens with one attached hydrogen (secondary N) is 2. The van der Waals surface area contributed by atoms with Crippen molar-refractivity contribution in [1.82, 2.24) is 20.5 Å². The van der Waals surface area contributed by atoms with Crippen molar-refractivity contribution < 1.29 is 43.6 Å². The number of hydrogen-bond donors (Lipinski definition) is 4. The Morgan fingerprint density at radius 1 is 0.941 bits per heavy atom. The van der Waals surface area contributed by atoms with E-state index in [1.807, 2.05) is 61.5 Å². The number of benzene rings is 2. The van der Waals surface area contributed by atoms with E-state index in [-0.39, 0.29) is 71.4 Å². The monoisotopic (exact) mass is 724 g/mol. The Morgan fingerprint density at radius 3 is 2.24 bits per heavy atom. The Kier molecular flexibility index (Phi) is 14.2. The second-order valence-electron chi connectivity index (χ2n) is 13.4. The number of thiazole rings is 1. The minimum absolute atomic E-state index is 0.0129. The number of β-amino-alcohol motifs (C(OH)–C–C–N with tert-alkyl or cyclic N) is 1. The van der Waals surface area contributed by atoms with Crippen LogP contribution in [-0.2, 0) is 46.5 Å². The number of carbonyl (C=O) groups excluding carboxylic acids is 4. The molecule has 0 bridgehead atoms. The van der Waals surface area contributed by atoms with Gasteiger partial charge in [-0.3, -0.25) is 19.2 Å². The third-order valence-corrected chi connectivity index (χ3v) is 9.50. The molecule has 4 rings (SSSR count). The second-order valence-corrected chi connectivity index (χ2v) is 14.3. The molecule has 0 unspecified atom stereocenters. The molecule has 14 heteroatoms. The smallest absolute Gasteiger partial charge is 0.308 e. The highest BCUT2D eigenvalue weighted by atomic mass is 32.1. The van der Waals surface area contributed by atoms with Gasteiger partial charge >= 0.3 is 5.97 Å². The van der Waals surface area contributed by atoms with Crippen LogP contribution in [0.25, 0.3) is 10.4 Å².